The lowest BCUT2D eigenvalue weighted by Gasteiger charge is -2.14. The Morgan fingerprint density at radius 1 is 1.26 bits per heavy atom. The van der Waals surface area contributed by atoms with Crippen LogP contribution >= 0.6 is 0 Å². The third kappa shape index (κ3) is 5.33. The highest BCUT2D eigenvalue weighted by Gasteiger charge is 2.08. The van der Waals surface area contributed by atoms with Gasteiger partial charge in [0.15, 0.2) is 0 Å². The molecule has 0 spiro atoms. The van der Waals surface area contributed by atoms with E-state index < -0.39 is 0 Å². The maximum atomic E-state index is 8.96. The highest BCUT2D eigenvalue weighted by atomic mass is 16.3. The van der Waals surface area contributed by atoms with E-state index in [0.29, 0.717) is 12.0 Å². The average molecular weight is 267 g/mol. The first-order chi connectivity index (χ1) is 9.24. The lowest BCUT2D eigenvalue weighted by molar-refractivity contribution is 0.251. The predicted molar refractivity (Wildman–Crippen MR) is 79.0 cm³/mol. The first kappa shape index (κ1) is 16.2. The molecule has 0 saturated carbocycles. The van der Waals surface area contributed by atoms with Crippen molar-refractivity contribution < 1.29 is 5.11 Å². The minimum Gasteiger partial charge on any atom is -0.396 e. The van der Waals surface area contributed by atoms with Gasteiger partial charge in [0, 0.05) is 19.3 Å². The van der Waals surface area contributed by atoms with Gasteiger partial charge in [0.05, 0.1) is 11.7 Å². The van der Waals surface area contributed by atoms with E-state index in [-0.39, 0.29) is 6.61 Å². The molecule has 19 heavy (non-hydrogen) atoms. The molecule has 0 bridgehead atoms. The second kappa shape index (κ2) is 9.10. The number of aromatic nitrogens is 2. The average Bonchev–Trinajstić information content (AvgIpc) is 2.88. The molecule has 0 aliphatic heterocycles. The third-order valence-corrected chi connectivity index (χ3v) is 3.83. The van der Waals surface area contributed by atoms with Gasteiger partial charge in [-0.05, 0) is 37.8 Å². The third-order valence-electron chi connectivity index (χ3n) is 3.83. The van der Waals surface area contributed by atoms with Crippen LogP contribution in [-0.2, 0) is 6.54 Å². The Morgan fingerprint density at radius 3 is 2.58 bits per heavy atom. The zero-order valence-corrected chi connectivity index (χ0v) is 12.6. The molecule has 1 atom stereocenters. The van der Waals surface area contributed by atoms with Crippen molar-refractivity contribution in [3.05, 3.63) is 18.0 Å². The summed E-state index contributed by atoms with van der Waals surface area (Å²) in [5.74, 6) is 0.561. The first-order valence-corrected chi connectivity index (χ1v) is 7.60. The Morgan fingerprint density at radius 2 is 2.00 bits per heavy atom. The van der Waals surface area contributed by atoms with Gasteiger partial charge in [-0.2, -0.15) is 5.10 Å². The van der Waals surface area contributed by atoms with Crippen molar-refractivity contribution >= 4 is 0 Å². The van der Waals surface area contributed by atoms with Crippen molar-refractivity contribution in [2.75, 3.05) is 13.2 Å². The molecule has 4 heteroatoms. The van der Waals surface area contributed by atoms with Gasteiger partial charge in [0.2, 0.25) is 0 Å². The van der Waals surface area contributed by atoms with E-state index in [1.54, 1.807) is 0 Å². The molecule has 1 unspecified atom stereocenters. The van der Waals surface area contributed by atoms with Crippen molar-refractivity contribution in [1.29, 1.82) is 0 Å². The van der Waals surface area contributed by atoms with Crippen LogP contribution in [0.4, 0.5) is 0 Å². The van der Waals surface area contributed by atoms with Crippen molar-refractivity contribution in [2.24, 2.45) is 5.92 Å². The summed E-state index contributed by atoms with van der Waals surface area (Å²) in [5, 5.41) is 17.0. The van der Waals surface area contributed by atoms with E-state index in [2.05, 4.69) is 48.1 Å². The predicted octanol–water partition coefficient (Wildman–Crippen LogP) is 2.74. The quantitative estimate of drug-likeness (QED) is 0.685. The Labute approximate surface area is 117 Å². The number of hydrogen-bond acceptors (Lipinski definition) is 3. The van der Waals surface area contributed by atoms with Gasteiger partial charge in [0.25, 0.3) is 0 Å². The summed E-state index contributed by atoms with van der Waals surface area (Å²) in [6, 6.07) is 2.62. The fourth-order valence-corrected chi connectivity index (χ4v) is 2.38. The van der Waals surface area contributed by atoms with Crippen molar-refractivity contribution in [3.63, 3.8) is 0 Å². The van der Waals surface area contributed by atoms with Gasteiger partial charge in [-0.1, -0.05) is 27.2 Å². The molecular weight excluding hydrogens is 238 g/mol. The maximum Gasteiger partial charge on any atom is 0.0762 e. The van der Waals surface area contributed by atoms with Gasteiger partial charge in [0.1, 0.15) is 0 Å². The number of aliphatic hydroxyl groups is 1. The standard InChI is InChI=1S/C15H29N3O/c1-4-13(8-10-19)11-16-12-14-7-9-18(17-14)15(5-2)6-3/h7,9,13,15-16,19H,4-6,8,10-12H2,1-3H3. The monoisotopic (exact) mass is 267 g/mol. The minimum absolute atomic E-state index is 0.281. The molecule has 0 saturated heterocycles. The molecule has 0 aliphatic rings. The molecule has 4 nitrogen and oxygen atoms in total. The van der Waals surface area contributed by atoms with Gasteiger partial charge < -0.3 is 10.4 Å². The number of aliphatic hydroxyl groups excluding tert-OH is 1. The molecule has 0 aromatic carbocycles. The van der Waals surface area contributed by atoms with Gasteiger partial charge >= 0.3 is 0 Å². The van der Waals surface area contributed by atoms with Crippen molar-refractivity contribution in [3.8, 4) is 0 Å². The van der Waals surface area contributed by atoms with Crippen LogP contribution in [-0.4, -0.2) is 28.0 Å². The minimum atomic E-state index is 0.281. The van der Waals surface area contributed by atoms with E-state index in [9.17, 15) is 0 Å². The van der Waals surface area contributed by atoms with E-state index in [0.717, 1.165) is 44.5 Å². The van der Waals surface area contributed by atoms with Crippen LogP contribution in [0.3, 0.4) is 0 Å². The summed E-state index contributed by atoms with van der Waals surface area (Å²) in [6.45, 7) is 8.63. The van der Waals surface area contributed by atoms with Crippen LogP contribution in [0.5, 0.6) is 0 Å². The zero-order chi connectivity index (χ0) is 14.1. The Kier molecular flexibility index (Phi) is 7.75. The summed E-state index contributed by atoms with van der Waals surface area (Å²) >= 11 is 0. The zero-order valence-electron chi connectivity index (χ0n) is 12.6. The summed E-state index contributed by atoms with van der Waals surface area (Å²) in [7, 11) is 0. The summed E-state index contributed by atoms with van der Waals surface area (Å²) < 4.78 is 2.09. The number of nitrogens with zero attached hydrogens (tertiary/aromatic N) is 2. The number of rotatable bonds is 10. The molecule has 1 aromatic rings. The van der Waals surface area contributed by atoms with E-state index in [1.807, 2.05) is 0 Å². The Bertz CT molecular complexity index is 334. The van der Waals surface area contributed by atoms with Gasteiger partial charge in [-0.3, -0.25) is 4.68 Å². The molecule has 2 N–H and O–H groups in total. The van der Waals surface area contributed by atoms with Crippen LogP contribution in [0.1, 0.15) is 58.2 Å². The highest BCUT2D eigenvalue weighted by molar-refractivity contribution is 4.99. The number of nitrogens with one attached hydrogen (secondary N) is 1. The lowest BCUT2D eigenvalue weighted by Crippen LogP contribution is -2.23. The molecular formula is C15H29N3O. The van der Waals surface area contributed by atoms with E-state index in [4.69, 9.17) is 5.11 Å². The SMILES string of the molecule is CCC(CCO)CNCc1ccn(C(CC)CC)n1. The molecule has 0 fully saturated rings. The molecule has 0 amide bonds. The van der Waals surface area contributed by atoms with Gasteiger partial charge in [-0.15, -0.1) is 0 Å². The fourth-order valence-electron chi connectivity index (χ4n) is 2.38. The molecule has 110 valence electrons. The van der Waals surface area contributed by atoms with Crippen LogP contribution < -0.4 is 5.32 Å². The molecule has 0 radical (unpaired) electrons. The van der Waals surface area contributed by atoms with Crippen molar-refractivity contribution in [2.45, 2.75) is 59.0 Å². The van der Waals surface area contributed by atoms with Crippen LogP contribution in [0.2, 0.25) is 0 Å². The summed E-state index contributed by atoms with van der Waals surface area (Å²) in [4.78, 5) is 0. The molecule has 1 aromatic heterocycles. The molecule has 1 heterocycles. The fraction of sp³-hybridized carbons (Fsp3) is 0.800. The maximum absolute atomic E-state index is 8.96. The number of hydrogen-bond donors (Lipinski definition) is 2. The van der Waals surface area contributed by atoms with Gasteiger partial charge in [-0.25, -0.2) is 0 Å². The largest absolute Gasteiger partial charge is 0.396 e. The summed E-state index contributed by atoms with van der Waals surface area (Å²) in [6.07, 6.45) is 6.32. The second-order valence-electron chi connectivity index (χ2n) is 5.17. The lowest BCUT2D eigenvalue weighted by atomic mass is 10.0. The van der Waals surface area contributed by atoms with Crippen molar-refractivity contribution in [1.82, 2.24) is 15.1 Å². The normalized spacial score (nSPS) is 13.1. The Hall–Kier alpha value is -0.870. The van der Waals surface area contributed by atoms with Crippen LogP contribution in [0, 0.1) is 5.92 Å². The second-order valence-corrected chi connectivity index (χ2v) is 5.17. The topological polar surface area (TPSA) is 50.1 Å². The molecule has 0 aliphatic carbocycles. The first-order valence-electron chi connectivity index (χ1n) is 7.60. The Balaban J connectivity index is 2.37. The highest BCUT2D eigenvalue weighted by Crippen LogP contribution is 2.14. The summed E-state index contributed by atoms with van der Waals surface area (Å²) in [5.41, 5.74) is 1.10. The van der Waals surface area contributed by atoms with E-state index >= 15 is 0 Å². The smallest absolute Gasteiger partial charge is 0.0762 e. The molecule has 1 rings (SSSR count). The van der Waals surface area contributed by atoms with E-state index in [1.165, 1.54) is 0 Å². The van der Waals surface area contributed by atoms with Crippen LogP contribution in [0.25, 0.3) is 0 Å². The van der Waals surface area contributed by atoms with Crippen LogP contribution in [0.15, 0.2) is 12.3 Å².